The van der Waals surface area contributed by atoms with Crippen LogP contribution < -0.4 is 0 Å². The third-order valence-electron chi connectivity index (χ3n) is 3.64. The van der Waals surface area contributed by atoms with E-state index in [1.54, 1.807) is 0 Å². The zero-order valence-electron chi connectivity index (χ0n) is 13.1. The van der Waals surface area contributed by atoms with Crippen LogP contribution in [-0.2, 0) is 13.1 Å². The maximum atomic E-state index is 8.83. The van der Waals surface area contributed by atoms with Gasteiger partial charge in [0.15, 0.2) is 0 Å². The Balaban J connectivity index is 1.63. The van der Waals surface area contributed by atoms with Crippen molar-refractivity contribution in [2.75, 3.05) is 7.05 Å². The predicted octanol–water partition coefficient (Wildman–Crippen LogP) is 3.38. The van der Waals surface area contributed by atoms with Gasteiger partial charge < -0.3 is 0 Å². The molecule has 0 aliphatic heterocycles. The molecule has 0 aliphatic rings. The third-order valence-corrected chi connectivity index (χ3v) is 3.64. The Morgan fingerprint density at radius 1 is 1.00 bits per heavy atom. The van der Waals surface area contributed by atoms with E-state index >= 15 is 0 Å². The molecule has 114 valence electrons. The summed E-state index contributed by atoms with van der Waals surface area (Å²) in [6.07, 6.45) is 3.97. The number of hydrogen-bond donors (Lipinski definition) is 0. The molecule has 0 N–H and O–H groups in total. The standard InChI is InChI=1S/C19H18N4/c1-22(13-17-9-7-16(11-20)8-10-17)14-18-12-21-23(15-18)19-5-3-2-4-6-19/h2-10,12,15H,13-14H2,1H3. The summed E-state index contributed by atoms with van der Waals surface area (Å²) < 4.78 is 1.89. The van der Waals surface area contributed by atoms with Crippen molar-refractivity contribution >= 4 is 0 Å². The highest BCUT2D eigenvalue weighted by atomic mass is 15.3. The Kier molecular flexibility index (Phi) is 4.51. The minimum absolute atomic E-state index is 0.695. The second kappa shape index (κ2) is 6.91. The number of nitrogens with zero attached hydrogens (tertiary/aromatic N) is 4. The molecule has 0 spiro atoms. The van der Waals surface area contributed by atoms with E-state index in [0.29, 0.717) is 5.56 Å². The van der Waals surface area contributed by atoms with Crippen LogP contribution in [0.15, 0.2) is 67.0 Å². The van der Waals surface area contributed by atoms with E-state index in [9.17, 15) is 0 Å². The second-order valence-corrected chi connectivity index (χ2v) is 5.61. The molecule has 1 aromatic heterocycles. The highest BCUT2D eigenvalue weighted by Crippen LogP contribution is 2.11. The first-order valence-corrected chi connectivity index (χ1v) is 7.51. The minimum atomic E-state index is 0.695. The average molecular weight is 302 g/mol. The molecule has 0 saturated carbocycles. The van der Waals surface area contributed by atoms with Gasteiger partial charge in [-0.2, -0.15) is 10.4 Å². The van der Waals surface area contributed by atoms with Gasteiger partial charge in [0.2, 0.25) is 0 Å². The van der Waals surface area contributed by atoms with Crippen molar-refractivity contribution in [1.82, 2.24) is 14.7 Å². The summed E-state index contributed by atoms with van der Waals surface area (Å²) in [6.45, 7) is 1.66. The molecule has 4 nitrogen and oxygen atoms in total. The van der Waals surface area contributed by atoms with Gasteiger partial charge in [0.05, 0.1) is 23.5 Å². The van der Waals surface area contributed by atoms with Crippen LogP contribution in [0.4, 0.5) is 0 Å². The summed E-state index contributed by atoms with van der Waals surface area (Å²) in [5, 5.41) is 13.3. The second-order valence-electron chi connectivity index (χ2n) is 5.61. The zero-order chi connectivity index (χ0) is 16.1. The summed E-state index contributed by atoms with van der Waals surface area (Å²) in [5.41, 5.74) is 4.13. The SMILES string of the molecule is CN(Cc1ccc(C#N)cc1)Cc1cnn(-c2ccccc2)c1. The van der Waals surface area contributed by atoms with Gasteiger partial charge in [-0.05, 0) is 36.9 Å². The van der Waals surface area contributed by atoms with E-state index in [-0.39, 0.29) is 0 Å². The molecule has 3 aromatic rings. The fourth-order valence-electron chi connectivity index (χ4n) is 2.53. The highest BCUT2D eigenvalue weighted by Gasteiger charge is 2.05. The van der Waals surface area contributed by atoms with Crippen LogP contribution in [0, 0.1) is 11.3 Å². The van der Waals surface area contributed by atoms with E-state index in [4.69, 9.17) is 5.26 Å². The first-order valence-electron chi connectivity index (χ1n) is 7.51. The molecule has 0 radical (unpaired) electrons. The maximum Gasteiger partial charge on any atom is 0.0991 e. The Morgan fingerprint density at radius 2 is 1.70 bits per heavy atom. The molecule has 4 heteroatoms. The fourth-order valence-corrected chi connectivity index (χ4v) is 2.53. The van der Waals surface area contributed by atoms with Gasteiger partial charge in [-0.3, -0.25) is 4.90 Å². The number of nitriles is 1. The van der Waals surface area contributed by atoms with Crippen molar-refractivity contribution in [2.24, 2.45) is 0 Å². The number of hydrogen-bond acceptors (Lipinski definition) is 3. The van der Waals surface area contributed by atoms with Gasteiger partial charge in [0.25, 0.3) is 0 Å². The van der Waals surface area contributed by atoms with Crippen molar-refractivity contribution < 1.29 is 0 Å². The molecule has 0 fully saturated rings. The summed E-state index contributed by atoms with van der Waals surface area (Å²) in [4.78, 5) is 2.23. The fraction of sp³-hybridized carbons (Fsp3) is 0.158. The first-order chi connectivity index (χ1) is 11.2. The molecule has 0 atom stereocenters. The van der Waals surface area contributed by atoms with Crippen LogP contribution in [0.5, 0.6) is 0 Å². The summed E-state index contributed by atoms with van der Waals surface area (Å²) >= 11 is 0. The van der Waals surface area contributed by atoms with E-state index in [1.165, 1.54) is 11.1 Å². The molecular formula is C19H18N4. The third kappa shape index (κ3) is 3.85. The van der Waals surface area contributed by atoms with Gasteiger partial charge in [-0.1, -0.05) is 30.3 Å². The van der Waals surface area contributed by atoms with Gasteiger partial charge in [-0.15, -0.1) is 0 Å². The summed E-state index contributed by atoms with van der Waals surface area (Å²) in [7, 11) is 2.08. The Hall–Kier alpha value is -2.90. The topological polar surface area (TPSA) is 44.9 Å². The lowest BCUT2D eigenvalue weighted by Crippen LogP contribution is -2.16. The average Bonchev–Trinajstić information content (AvgIpc) is 3.04. The van der Waals surface area contributed by atoms with Gasteiger partial charge >= 0.3 is 0 Å². The molecule has 0 unspecified atom stereocenters. The van der Waals surface area contributed by atoms with Crippen molar-refractivity contribution in [1.29, 1.82) is 5.26 Å². The maximum absolute atomic E-state index is 8.83. The minimum Gasteiger partial charge on any atom is -0.298 e. The number of rotatable bonds is 5. The van der Waals surface area contributed by atoms with Crippen LogP contribution in [0.1, 0.15) is 16.7 Å². The number of aromatic nitrogens is 2. The lowest BCUT2D eigenvalue weighted by Gasteiger charge is -2.15. The van der Waals surface area contributed by atoms with E-state index in [2.05, 4.69) is 29.3 Å². The predicted molar refractivity (Wildman–Crippen MR) is 89.9 cm³/mol. The smallest absolute Gasteiger partial charge is 0.0991 e. The highest BCUT2D eigenvalue weighted by molar-refractivity contribution is 5.32. The lowest BCUT2D eigenvalue weighted by molar-refractivity contribution is 0.319. The largest absolute Gasteiger partial charge is 0.298 e. The molecule has 2 aromatic carbocycles. The van der Waals surface area contributed by atoms with Gasteiger partial charge in [0, 0.05) is 24.8 Å². The summed E-state index contributed by atoms with van der Waals surface area (Å²) in [5.74, 6) is 0. The first kappa shape index (κ1) is 15.0. The quantitative estimate of drug-likeness (QED) is 0.726. The number of para-hydroxylation sites is 1. The normalized spacial score (nSPS) is 10.7. The van der Waals surface area contributed by atoms with Crippen molar-refractivity contribution in [3.05, 3.63) is 83.7 Å². The lowest BCUT2D eigenvalue weighted by atomic mass is 10.1. The van der Waals surface area contributed by atoms with Crippen LogP contribution in [-0.4, -0.2) is 21.7 Å². The van der Waals surface area contributed by atoms with Crippen LogP contribution >= 0.6 is 0 Å². The molecular weight excluding hydrogens is 284 g/mol. The Bertz CT molecular complexity index is 797. The molecule has 3 rings (SSSR count). The Labute approximate surface area is 136 Å². The molecule has 1 heterocycles. The van der Waals surface area contributed by atoms with Gasteiger partial charge in [-0.25, -0.2) is 4.68 Å². The molecule has 0 aliphatic carbocycles. The zero-order valence-corrected chi connectivity index (χ0v) is 13.1. The van der Waals surface area contributed by atoms with Crippen molar-refractivity contribution in [3.8, 4) is 11.8 Å². The van der Waals surface area contributed by atoms with Gasteiger partial charge in [0.1, 0.15) is 0 Å². The monoisotopic (exact) mass is 302 g/mol. The van der Waals surface area contributed by atoms with Crippen molar-refractivity contribution in [2.45, 2.75) is 13.1 Å². The molecule has 0 saturated heterocycles. The molecule has 23 heavy (non-hydrogen) atoms. The van der Waals surface area contributed by atoms with E-state index in [0.717, 1.165) is 18.8 Å². The van der Waals surface area contributed by atoms with Crippen molar-refractivity contribution in [3.63, 3.8) is 0 Å². The van der Waals surface area contributed by atoms with Crippen LogP contribution in [0.25, 0.3) is 5.69 Å². The van der Waals surface area contributed by atoms with E-state index in [1.807, 2.05) is 65.5 Å². The molecule has 0 amide bonds. The van der Waals surface area contributed by atoms with Crippen LogP contribution in [0.3, 0.4) is 0 Å². The van der Waals surface area contributed by atoms with Crippen LogP contribution in [0.2, 0.25) is 0 Å². The Morgan fingerprint density at radius 3 is 2.39 bits per heavy atom. The van der Waals surface area contributed by atoms with E-state index < -0.39 is 0 Å². The number of benzene rings is 2. The summed E-state index contributed by atoms with van der Waals surface area (Å²) in [6, 6.07) is 20.0. The molecule has 0 bridgehead atoms.